The highest BCUT2D eigenvalue weighted by Gasteiger charge is 2.50. The van der Waals surface area contributed by atoms with Crippen molar-refractivity contribution in [3.05, 3.63) is 118 Å². The first kappa shape index (κ1) is 58.5. The number of ether oxygens (including phenoxy) is 3. The minimum absolute atomic E-state index is 0.0603. The first-order valence-corrected chi connectivity index (χ1v) is 29.9. The number of aromatic amines is 2. The van der Waals surface area contributed by atoms with Crippen molar-refractivity contribution in [2.75, 3.05) is 5.06 Å². The minimum Gasteiger partial charge on any atom is -0.490 e. The molecule has 12 heteroatoms. The summed E-state index contributed by atoms with van der Waals surface area (Å²) in [6.07, 6.45) is 2.78. The Kier molecular flexibility index (Phi) is 16.1. The number of aliphatic imine (C=N–C) groups is 3. The highest BCUT2D eigenvalue weighted by atomic mass is 16.7. The molecule has 5 unspecified atom stereocenters. The molecule has 0 saturated heterocycles. The van der Waals surface area contributed by atoms with Crippen LogP contribution in [0.5, 0.6) is 11.5 Å². The molecule has 428 valence electrons. The lowest BCUT2D eigenvalue weighted by molar-refractivity contribution is -0.150. The van der Waals surface area contributed by atoms with Crippen LogP contribution < -0.4 is 25.5 Å². The molecule has 0 radical (unpaired) electrons. The molecule has 3 aliphatic rings. The molecular weight excluding hydrogens is 993 g/mol. The number of rotatable bonds is 20. The fraction of sp³-hybridized carbons (Fsp3) is 0.544. The maximum Gasteiger partial charge on any atom is 0.289 e. The van der Waals surface area contributed by atoms with E-state index < -0.39 is 5.85 Å². The summed E-state index contributed by atoms with van der Waals surface area (Å²) in [5.41, 5.74) is 3.44. The van der Waals surface area contributed by atoms with E-state index in [4.69, 9.17) is 44.0 Å². The Balaban J connectivity index is 1.46. The highest BCUT2D eigenvalue weighted by Crippen LogP contribution is 2.49. The number of H-pyrrole nitrogens is 2. The average molecular weight is 1090 g/mol. The van der Waals surface area contributed by atoms with Crippen molar-refractivity contribution in [3.63, 3.8) is 0 Å². The van der Waals surface area contributed by atoms with Gasteiger partial charge in [-0.2, -0.15) is 5.06 Å². The van der Waals surface area contributed by atoms with Crippen LogP contribution in [-0.2, 0) is 15.4 Å². The van der Waals surface area contributed by atoms with Gasteiger partial charge in [-0.05, 0) is 84.5 Å². The largest absolute Gasteiger partial charge is 0.490 e. The predicted octanol–water partition coefficient (Wildman–Crippen LogP) is 16.4. The van der Waals surface area contributed by atoms with Crippen LogP contribution in [0.25, 0.3) is 21.5 Å². The van der Waals surface area contributed by atoms with E-state index in [1.807, 2.05) is 17.2 Å². The second-order valence-corrected chi connectivity index (χ2v) is 27.0. The number of anilines is 1. The quantitative estimate of drug-likeness (QED) is 0.0785. The highest BCUT2D eigenvalue weighted by molar-refractivity contribution is 6.27. The normalized spacial score (nSPS) is 18.2. The molecule has 9 rings (SSSR count). The minimum atomic E-state index is -1.72. The van der Waals surface area contributed by atoms with Gasteiger partial charge in [-0.1, -0.05) is 199 Å². The van der Waals surface area contributed by atoms with Gasteiger partial charge < -0.3 is 24.2 Å². The van der Waals surface area contributed by atoms with E-state index in [0.717, 1.165) is 75.2 Å². The van der Waals surface area contributed by atoms with Gasteiger partial charge in [-0.15, -0.1) is 0 Å². The fourth-order valence-electron chi connectivity index (χ4n) is 12.5. The number of fused-ring (bicyclic) bond motifs is 18. The summed E-state index contributed by atoms with van der Waals surface area (Å²) in [6.45, 7) is 45.1. The second-order valence-electron chi connectivity index (χ2n) is 27.0. The number of amidine groups is 3. The van der Waals surface area contributed by atoms with Crippen LogP contribution in [0.3, 0.4) is 0 Å². The Bertz CT molecular complexity index is 3480. The number of aromatic nitrogens is 2. The van der Waals surface area contributed by atoms with E-state index >= 15 is 0 Å². The number of hydrogen-bond donors (Lipinski definition) is 2. The van der Waals surface area contributed by atoms with Crippen molar-refractivity contribution < 1.29 is 19.0 Å². The number of hydrogen-bond acceptors (Lipinski definition) is 10. The lowest BCUT2D eigenvalue weighted by Crippen LogP contribution is -2.44. The molecule has 4 aromatic carbocycles. The zero-order valence-electron chi connectivity index (χ0n) is 51.8. The molecule has 8 bridgehead atoms. The first-order valence-electron chi connectivity index (χ1n) is 29.9. The van der Waals surface area contributed by atoms with Gasteiger partial charge >= 0.3 is 0 Å². The molecular formula is C68H92N8O4. The summed E-state index contributed by atoms with van der Waals surface area (Å²) in [4.78, 5) is 43.8. The Labute approximate surface area is 477 Å². The lowest BCUT2D eigenvalue weighted by atomic mass is 9.78. The molecule has 6 aromatic rings. The molecule has 12 nitrogen and oxygen atoms in total. The SMILES string of the molecule is CCC(C)(C)C(Oc1ccc2c(c1)C1=NC3(OC(C(C)C)C(C)(C)CC)N=C(N=c4[nH]c(c5ccccc45)=Nc4[nH]c(c5ccccc45)N(OC(C(C)C)C(C)(C)CC)C2=N1)c1c(OC(C(C)C)C(C)(C)CC)cccc13)C(C)C. The van der Waals surface area contributed by atoms with Crippen LogP contribution in [0.1, 0.15) is 186 Å². The smallest absolute Gasteiger partial charge is 0.289 e. The molecule has 0 aliphatic carbocycles. The molecule has 0 spiro atoms. The average Bonchev–Trinajstić information content (AvgIpc) is 4.37. The Morgan fingerprint density at radius 2 is 1.01 bits per heavy atom. The summed E-state index contributed by atoms with van der Waals surface area (Å²) in [5.74, 6) is 3.04. The van der Waals surface area contributed by atoms with Crippen LogP contribution in [0.4, 0.5) is 11.6 Å². The van der Waals surface area contributed by atoms with Gasteiger partial charge in [0.2, 0.25) is 0 Å². The van der Waals surface area contributed by atoms with Crippen molar-refractivity contribution in [2.24, 2.45) is 70.3 Å². The van der Waals surface area contributed by atoms with Gasteiger partial charge in [0.1, 0.15) is 46.3 Å². The van der Waals surface area contributed by atoms with Crippen LogP contribution in [-0.4, -0.2) is 51.9 Å². The first-order chi connectivity index (χ1) is 37.7. The third kappa shape index (κ3) is 10.7. The maximum atomic E-state index is 7.88. The molecule has 2 aromatic heterocycles. The zero-order valence-corrected chi connectivity index (χ0v) is 51.8. The van der Waals surface area contributed by atoms with E-state index in [1.165, 1.54) is 0 Å². The molecule has 0 fully saturated rings. The van der Waals surface area contributed by atoms with Crippen molar-refractivity contribution in [1.29, 1.82) is 0 Å². The van der Waals surface area contributed by atoms with Crippen molar-refractivity contribution >= 4 is 50.7 Å². The summed E-state index contributed by atoms with van der Waals surface area (Å²) in [6, 6.07) is 29.1. The van der Waals surface area contributed by atoms with Gasteiger partial charge in [0.15, 0.2) is 17.5 Å². The van der Waals surface area contributed by atoms with Crippen LogP contribution in [0.2, 0.25) is 0 Å². The summed E-state index contributed by atoms with van der Waals surface area (Å²) < 4.78 is 22.5. The van der Waals surface area contributed by atoms with Crippen LogP contribution >= 0.6 is 0 Å². The fourth-order valence-corrected chi connectivity index (χ4v) is 12.5. The Morgan fingerprint density at radius 3 is 1.59 bits per heavy atom. The van der Waals surface area contributed by atoms with E-state index in [0.29, 0.717) is 45.9 Å². The second kappa shape index (κ2) is 22.0. The Hall–Kier alpha value is -6.11. The van der Waals surface area contributed by atoms with E-state index in [-0.39, 0.29) is 69.7 Å². The molecule has 5 atom stereocenters. The number of hydroxylamine groups is 1. The monoisotopic (exact) mass is 1080 g/mol. The van der Waals surface area contributed by atoms with Gasteiger partial charge in [0.25, 0.3) is 5.85 Å². The summed E-state index contributed by atoms with van der Waals surface area (Å²) in [7, 11) is 0. The van der Waals surface area contributed by atoms with Crippen molar-refractivity contribution in [2.45, 2.75) is 194 Å². The third-order valence-electron chi connectivity index (χ3n) is 18.2. The van der Waals surface area contributed by atoms with E-state index in [9.17, 15) is 0 Å². The van der Waals surface area contributed by atoms with Gasteiger partial charge in [0, 0.05) is 49.1 Å². The number of nitrogens with one attached hydrogen (secondary N) is 2. The number of benzene rings is 4. The Morgan fingerprint density at radius 1 is 0.500 bits per heavy atom. The van der Waals surface area contributed by atoms with E-state index in [2.05, 4.69) is 221 Å². The molecule has 3 aliphatic heterocycles. The number of nitrogens with zero attached hydrogens (tertiary/aromatic N) is 6. The molecule has 5 heterocycles. The lowest BCUT2D eigenvalue weighted by Gasteiger charge is -2.40. The van der Waals surface area contributed by atoms with E-state index in [1.54, 1.807) is 0 Å². The topological polar surface area (TPSA) is 134 Å². The van der Waals surface area contributed by atoms with Gasteiger partial charge in [0.05, 0.1) is 17.8 Å². The van der Waals surface area contributed by atoms with Crippen molar-refractivity contribution in [3.8, 4) is 11.5 Å². The van der Waals surface area contributed by atoms with Crippen molar-refractivity contribution in [1.82, 2.24) is 9.97 Å². The third-order valence-corrected chi connectivity index (χ3v) is 18.2. The standard InChI is InChI=1S/C68H92N8O4/c1-21-64(13,14)53(39(5)6)77-43-36-37-48-49(38-43)60-73-63(48)76(80-56(42(11)12)67(19,20)24-4)62-47-33-28-27-32-46(47)59(72-62)70-57-44-30-25-26-31-45(44)58(69-57)71-61-52-50(34-29-35-51(52)78-54(40(7)8)65(15,16)22-2)68(74-60,75-61)79-55(41(9)10)66(17,18)23-3/h25-42,53-56,72H,21-24H2,1-20H3,(H,69,70,71,75). The zero-order chi connectivity index (χ0) is 58.0. The predicted molar refractivity (Wildman–Crippen MR) is 329 cm³/mol. The van der Waals surface area contributed by atoms with Gasteiger partial charge in [-0.3, -0.25) is 4.84 Å². The van der Waals surface area contributed by atoms with Gasteiger partial charge in [-0.25, -0.2) is 25.0 Å². The summed E-state index contributed by atoms with van der Waals surface area (Å²) in [5, 5.41) is 5.57. The molecule has 80 heavy (non-hydrogen) atoms. The molecule has 0 saturated carbocycles. The summed E-state index contributed by atoms with van der Waals surface area (Å²) >= 11 is 0. The van der Waals surface area contributed by atoms with Crippen LogP contribution in [0, 0.1) is 45.3 Å². The molecule has 0 amide bonds. The van der Waals surface area contributed by atoms with Crippen LogP contribution in [0.15, 0.2) is 110 Å². The molecule has 2 N–H and O–H groups in total. The maximum absolute atomic E-state index is 7.88.